The Kier molecular flexibility index (Phi) is 5.84. The fraction of sp³-hybridized carbons (Fsp3) is 0.333. The molecule has 0 aliphatic carbocycles. The van der Waals surface area contributed by atoms with Crippen molar-refractivity contribution in [3.63, 3.8) is 0 Å². The zero-order valence-corrected chi connectivity index (χ0v) is 12.8. The average Bonchev–Trinajstić information content (AvgIpc) is 2.31. The van der Waals surface area contributed by atoms with Crippen molar-refractivity contribution in [2.24, 2.45) is 0 Å². The van der Waals surface area contributed by atoms with E-state index in [9.17, 15) is 4.79 Å². The zero-order chi connectivity index (χ0) is 12.8. The summed E-state index contributed by atoms with van der Waals surface area (Å²) in [5.41, 5.74) is 0.625. The van der Waals surface area contributed by atoms with Crippen LogP contribution in [0, 0.1) is 3.57 Å². The van der Waals surface area contributed by atoms with Gasteiger partial charge in [-0.15, -0.1) is 0 Å². The van der Waals surface area contributed by atoms with Gasteiger partial charge in [0.25, 0.3) is 5.91 Å². The fourth-order valence-corrected chi connectivity index (χ4v) is 2.07. The van der Waals surface area contributed by atoms with Crippen molar-refractivity contribution in [1.29, 1.82) is 0 Å². The summed E-state index contributed by atoms with van der Waals surface area (Å²) in [4.78, 5) is 13.8. The molecule has 0 saturated heterocycles. The predicted molar refractivity (Wildman–Crippen MR) is 82.1 cm³/mol. The van der Waals surface area contributed by atoms with E-state index in [1.165, 1.54) is 0 Å². The second-order valence-electron chi connectivity index (χ2n) is 3.44. The van der Waals surface area contributed by atoms with Crippen LogP contribution in [-0.4, -0.2) is 29.0 Å². The molecule has 3 nitrogen and oxygen atoms in total. The third-order valence-electron chi connectivity index (χ3n) is 2.38. The van der Waals surface area contributed by atoms with E-state index in [0.717, 1.165) is 16.7 Å². The smallest absolute Gasteiger partial charge is 0.257 e. The number of carbonyl (C=O) groups is 1. The van der Waals surface area contributed by atoms with Gasteiger partial charge in [0.15, 0.2) is 5.11 Å². The molecule has 17 heavy (non-hydrogen) atoms. The van der Waals surface area contributed by atoms with E-state index in [1.807, 2.05) is 30.9 Å². The number of carbonyl (C=O) groups excluding carboxylic acids is 1. The molecule has 0 aromatic heterocycles. The lowest BCUT2D eigenvalue weighted by Crippen LogP contribution is -2.42. The first kappa shape index (κ1) is 14.4. The van der Waals surface area contributed by atoms with Crippen LogP contribution < -0.4 is 5.32 Å². The Morgan fingerprint density at radius 1 is 1.29 bits per heavy atom. The second kappa shape index (κ2) is 6.90. The lowest BCUT2D eigenvalue weighted by molar-refractivity contribution is 0.0973. The number of benzene rings is 1. The Morgan fingerprint density at radius 3 is 2.29 bits per heavy atom. The van der Waals surface area contributed by atoms with E-state index < -0.39 is 0 Å². The van der Waals surface area contributed by atoms with Crippen LogP contribution in [0.15, 0.2) is 24.3 Å². The van der Waals surface area contributed by atoms with Gasteiger partial charge in [-0.05, 0) is 72.9 Å². The minimum Gasteiger partial charge on any atom is -0.350 e. The van der Waals surface area contributed by atoms with Gasteiger partial charge in [0, 0.05) is 22.2 Å². The Balaban J connectivity index is 2.66. The standard InChI is InChI=1S/C12H15IN2OS/c1-3-15(4-2)12(17)14-11(16)9-5-7-10(13)8-6-9/h5-8H,3-4H2,1-2H3,(H,14,16,17). The topological polar surface area (TPSA) is 32.3 Å². The molecule has 5 heteroatoms. The minimum absolute atomic E-state index is 0.154. The molecule has 0 spiro atoms. The van der Waals surface area contributed by atoms with Crippen molar-refractivity contribution in [3.8, 4) is 0 Å². The molecule has 1 aromatic rings. The summed E-state index contributed by atoms with van der Waals surface area (Å²) < 4.78 is 1.10. The highest BCUT2D eigenvalue weighted by atomic mass is 127. The molecule has 1 N–H and O–H groups in total. The minimum atomic E-state index is -0.154. The number of nitrogens with one attached hydrogen (secondary N) is 1. The number of amides is 1. The monoisotopic (exact) mass is 362 g/mol. The van der Waals surface area contributed by atoms with Gasteiger partial charge in [0.1, 0.15) is 0 Å². The Bertz CT molecular complexity index is 401. The molecule has 0 heterocycles. The van der Waals surface area contributed by atoms with Crippen LogP contribution in [0.25, 0.3) is 0 Å². The molecular weight excluding hydrogens is 347 g/mol. The van der Waals surface area contributed by atoms with Gasteiger partial charge in [0.05, 0.1) is 0 Å². The number of hydrogen-bond acceptors (Lipinski definition) is 2. The third kappa shape index (κ3) is 4.23. The highest BCUT2D eigenvalue weighted by Crippen LogP contribution is 2.06. The van der Waals surface area contributed by atoms with E-state index in [2.05, 4.69) is 27.9 Å². The molecule has 0 radical (unpaired) electrons. The Labute approximate surface area is 121 Å². The van der Waals surface area contributed by atoms with Crippen LogP contribution >= 0.6 is 34.8 Å². The quantitative estimate of drug-likeness (QED) is 0.663. The van der Waals surface area contributed by atoms with Crippen LogP contribution in [-0.2, 0) is 0 Å². The summed E-state index contributed by atoms with van der Waals surface area (Å²) in [6, 6.07) is 7.38. The summed E-state index contributed by atoms with van der Waals surface area (Å²) in [5.74, 6) is -0.154. The lowest BCUT2D eigenvalue weighted by atomic mass is 10.2. The largest absolute Gasteiger partial charge is 0.350 e. The second-order valence-corrected chi connectivity index (χ2v) is 5.07. The summed E-state index contributed by atoms with van der Waals surface area (Å²) in [5, 5.41) is 3.22. The molecule has 0 unspecified atom stereocenters. The van der Waals surface area contributed by atoms with Gasteiger partial charge >= 0.3 is 0 Å². The molecule has 0 atom stereocenters. The van der Waals surface area contributed by atoms with Gasteiger partial charge in [-0.3, -0.25) is 10.1 Å². The van der Waals surface area contributed by atoms with Gasteiger partial charge in [-0.2, -0.15) is 0 Å². The van der Waals surface area contributed by atoms with Crippen molar-refractivity contribution < 1.29 is 4.79 Å². The molecule has 0 aliphatic heterocycles. The van der Waals surface area contributed by atoms with Crippen molar-refractivity contribution in [2.45, 2.75) is 13.8 Å². The fourth-order valence-electron chi connectivity index (χ4n) is 1.36. The van der Waals surface area contributed by atoms with Crippen molar-refractivity contribution >= 4 is 45.8 Å². The van der Waals surface area contributed by atoms with E-state index in [-0.39, 0.29) is 5.91 Å². The highest BCUT2D eigenvalue weighted by Gasteiger charge is 2.10. The van der Waals surface area contributed by atoms with E-state index in [1.54, 1.807) is 12.1 Å². The molecule has 1 aromatic carbocycles. The van der Waals surface area contributed by atoms with Gasteiger partial charge < -0.3 is 4.90 Å². The van der Waals surface area contributed by atoms with E-state index >= 15 is 0 Å². The third-order valence-corrected chi connectivity index (χ3v) is 3.46. The van der Waals surface area contributed by atoms with Crippen LogP contribution in [0.2, 0.25) is 0 Å². The number of nitrogens with zero attached hydrogens (tertiary/aromatic N) is 1. The summed E-state index contributed by atoms with van der Waals surface area (Å²) in [6.45, 7) is 5.60. The van der Waals surface area contributed by atoms with E-state index in [0.29, 0.717) is 10.7 Å². The summed E-state index contributed by atoms with van der Waals surface area (Å²) >= 11 is 7.37. The van der Waals surface area contributed by atoms with Crippen LogP contribution in [0.4, 0.5) is 0 Å². The first-order valence-electron chi connectivity index (χ1n) is 5.44. The molecular formula is C12H15IN2OS. The number of rotatable bonds is 3. The van der Waals surface area contributed by atoms with Gasteiger partial charge in [-0.1, -0.05) is 0 Å². The zero-order valence-electron chi connectivity index (χ0n) is 9.87. The van der Waals surface area contributed by atoms with Crippen molar-refractivity contribution in [1.82, 2.24) is 10.2 Å². The average molecular weight is 362 g/mol. The maximum atomic E-state index is 11.9. The number of hydrogen-bond donors (Lipinski definition) is 1. The van der Waals surface area contributed by atoms with Crippen molar-refractivity contribution in [3.05, 3.63) is 33.4 Å². The lowest BCUT2D eigenvalue weighted by Gasteiger charge is -2.21. The molecule has 1 rings (SSSR count). The van der Waals surface area contributed by atoms with Gasteiger partial charge in [-0.25, -0.2) is 0 Å². The molecule has 0 saturated carbocycles. The van der Waals surface area contributed by atoms with Crippen molar-refractivity contribution in [2.75, 3.05) is 13.1 Å². The number of thiocarbonyl (C=S) groups is 1. The summed E-state index contributed by atoms with van der Waals surface area (Å²) in [6.07, 6.45) is 0. The highest BCUT2D eigenvalue weighted by molar-refractivity contribution is 14.1. The van der Waals surface area contributed by atoms with E-state index in [4.69, 9.17) is 12.2 Å². The predicted octanol–water partition coefficient (Wildman–Crippen LogP) is 2.65. The van der Waals surface area contributed by atoms with Crippen LogP contribution in [0.1, 0.15) is 24.2 Å². The molecule has 0 bridgehead atoms. The molecule has 92 valence electrons. The molecule has 0 fully saturated rings. The normalized spacial score (nSPS) is 9.82. The SMILES string of the molecule is CCN(CC)C(=S)NC(=O)c1ccc(I)cc1. The molecule has 1 amide bonds. The van der Waals surface area contributed by atoms with Crippen LogP contribution in [0.3, 0.4) is 0 Å². The Hall–Kier alpha value is -0.690. The van der Waals surface area contributed by atoms with Crippen LogP contribution in [0.5, 0.6) is 0 Å². The van der Waals surface area contributed by atoms with Gasteiger partial charge in [0.2, 0.25) is 0 Å². The maximum Gasteiger partial charge on any atom is 0.257 e. The molecule has 0 aliphatic rings. The first-order chi connectivity index (χ1) is 8.08. The number of halogens is 1. The first-order valence-corrected chi connectivity index (χ1v) is 6.93. The Morgan fingerprint density at radius 2 is 1.82 bits per heavy atom. The maximum absolute atomic E-state index is 11.9. The summed E-state index contributed by atoms with van der Waals surface area (Å²) in [7, 11) is 0.